The quantitative estimate of drug-likeness (QED) is 0.617. The summed E-state index contributed by atoms with van der Waals surface area (Å²) in [5.74, 6) is 0.191. The first kappa shape index (κ1) is 19.4. The average molecular weight is 299 g/mol. The number of carbonyl (C=O) groups is 1. The number of methoxy groups -OCH3 is 1. The first-order valence-electron chi connectivity index (χ1n) is 6.56. The zero-order chi connectivity index (χ0) is 16.5. The van der Waals surface area contributed by atoms with Crippen molar-refractivity contribution in [3.8, 4) is 5.75 Å². The lowest BCUT2D eigenvalue weighted by molar-refractivity contribution is -0.122. The molecule has 1 atom stereocenters. The summed E-state index contributed by atoms with van der Waals surface area (Å²) in [5.41, 5.74) is 1.43. The molecule has 0 heterocycles. The molecule has 0 radical (unpaired) electrons. The Labute approximate surface area is 125 Å². The van der Waals surface area contributed by atoms with Gasteiger partial charge in [-0.1, -0.05) is 6.07 Å². The van der Waals surface area contributed by atoms with Crippen LogP contribution in [0.2, 0.25) is 0 Å². The summed E-state index contributed by atoms with van der Waals surface area (Å²) in [6.45, 7) is 6.70. The highest BCUT2D eigenvalue weighted by molar-refractivity contribution is 5.36. The van der Waals surface area contributed by atoms with Gasteiger partial charge in [0.1, 0.15) is 5.75 Å². The van der Waals surface area contributed by atoms with Crippen molar-refractivity contribution in [2.75, 3.05) is 13.7 Å². The molecule has 0 amide bonds. The molecule has 0 fully saturated rings. The molecule has 0 aliphatic heterocycles. The monoisotopic (exact) mass is 299 g/mol. The van der Waals surface area contributed by atoms with Crippen LogP contribution in [-0.2, 0) is 16.1 Å². The number of benzene rings is 1. The lowest BCUT2D eigenvalue weighted by atomic mass is 10.0. The van der Waals surface area contributed by atoms with Crippen molar-refractivity contribution in [1.29, 1.82) is 0 Å². The first-order valence-corrected chi connectivity index (χ1v) is 6.56. The number of hydrogen-bond donors (Lipinski definition) is 4. The van der Waals surface area contributed by atoms with Crippen LogP contribution >= 0.6 is 0 Å². The number of ether oxygens (including phenoxy) is 1. The number of aliphatic hydroxyl groups excluding tert-OH is 1. The zero-order valence-electron chi connectivity index (χ0n) is 13.0. The average Bonchev–Trinajstić information content (AvgIpc) is 2.39. The van der Waals surface area contributed by atoms with E-state index in [2.05, 4.69) is 5.32 Å². The predicted molar refractivity (Wildman–Crippen MR) is 80.2 cm³/mol. The maximum Gasteiger partial charge on any atom is 0.290 e. The molecule has 1 rings (SSSR count). The maximum atomic E-state index is 10.1. The highest BCUT2D eigenvalue weighted by atomic mass is 16.5. The molecular weight excluding hydrogens is 274 g/mol. The number of phenols is 1. The number of hydrogen-bond acceptors (Lipinski definition) is 5. The topological polar surface area (TPSA) is 99.0 Å². The molecule has 6 heteroatoms. The largest absolute Gasteiger partial charge is 0.508 e. The van der Waals surface area contributed by atoms with Crippen molar-refractivity contribution in [2.24, 2.45) is 0 Å². The Bertz CT molecular complexity index is 429. The Balaban J connectivity index is 0.00000122. The summed E-state index contributed by atoms with van der Waals surface area (Å²) in [6, 6.07) is 5.08. The maximum absolute atomic E-state index is 10.1. The van der Waals surface area contributed by atoms with Gasteiger partial charge in [0.15, 0.2) is 0 Å². The second-order valence-electron chi connectivity index (χ2n) is 5.57. The summed E-state index contributed by atoms with van der Waals surface area (Å²) >= 11 is 0. The minimum absolute atomic E-state index is 0.0345. The third-order valence-corrected chi connectivity index (χ3v) is 2.61. The van der Waals surface area contributed by atoms with E-state index < -0.39 is 6.10 Å². The lowest BCUT2D eigenvalue weighted by Crippen LogP contribution is -2.38. The molecule has 0 aromatic heterocycles. The fraction of sp³-hybridized carbons (Fsp3) is 0.533. The number of aliphatic hydroxyl groups is 1. The predicted octanol–water partition coefficient (Wildman–Crippen LogP) is 1.66. The van der Waals surface area contributed by atoms with Crippen LogP contribution in [0.4, 0.5) is 0 Å². The van der Waals surface area contributed by atoms with E-state index >= 15 is 0 Å². The molecule has 4 N–H and O–H groups in total. The fourth-order valence-electron chi connectivity index (χ4n) is 1.60. The van der Waals surface area contributed by atoms with Gasteiger partial charge in [0.05, 0.1) is 12.7 Å². The molecule has 120 valence electrons. The van der Waals surface area contributed by atoms with Gasteiger partial charge in [0.25, 0.3) is 6.47 Å². The van der Waals surface area contributed by atoms with Crippen molar-refractivity contribution < 1.29 is 24.9 Å². The summed E-state index contributed by atoms with van der Waals surface area (Å²) in [5, 5.41) is 29.8. The molecule has 0 aliphatic rings. The molecule has 21 heavy (non-hydrogen) atoms. The van der Waals surface area contributed by atoms with Crippen molar-refractivity contribution >= 4 is 6.47 Å². The smallest absolute Gasteiger partial charge is 0.290 e. The molecule has 1 aromatic carbocycles. The van der Waals surface area contributed by atoms with E-state index in [4.69, 9.17) is 14.6 Å². The minimum atomic E-state index is -0.597. The van der Waals surface area contributed by atoms with Gasteiger partial charge in [-0.15, -0.1) is 0 Å². The summed E-state index contributed by atoms with van der Waals surface area (Å²) < 4.78 is 5.00. The van der Waals surface area contributed by atoms with Gasteiger partial charge in [-0.05, 0) is 38.5 Å². The second kappa shape index (κ2) is 9.33. The number of rotatable bonds is 5. The van der Waals surface area contributed by atoms with E-state index in [0.29, 0.717) is 18.7 Å². The van der Waals surface area contributed by atoms with Crippen LogP contribution in [0.3, 0.4) is 0 Å². The van der Waals surface area contributed by atoms with Crippen LogP contribution in [0.25, 0.3) is 0 Å². The Hall–Kier alpha value is -1.63. The van der Waals surface area contributed by atoms with E-state index in [0.717, 1.165) is 5.56 Å². The van der Waals surface area contributed by atoms with Crippen molar-refractivity contribution in [3.05, 3.63) is 29.3 Å². The van der Waals surface area contributed by atoms with E-state index in [1.54, 1.807) is 25.3 Å². The summed E-state index contributed by atoms with van der Waals surface area (Å²) in [6.07, 6.45) is -0.597. The van der Waals surface area contributed by atoms with Gasteiger partial charge < -0.3 is 25.4 Å². The van der Waals surface area contributed by atoms with Crippen LogP contribution in [-0.4, -0.2) is 41.0 Å². The zero-order valence-corrected chi connectivity index (χ0v) is 13.0. The van der Waals surface area contributed by atoms with E-state index in [-0.39, 0.29) is 17.8 Å². The Morgan fingerprint density at radius 3 is 2.43 bits per heavy atom. The van der Waals surface area contributed by atoms with Crippen molar-refractivity contribution in [1.82, 2.24) is 5.32 Å². The number of β-amino-alcohol motifs (C(OH)–C–C–N with tert-alkyl or cyclic N) is 1. The molecule has 0 spiro atoms. The number of nitrogens with one attached hydrogen (secondary N) is 1. The fourth-order valence-corrected chi connectivity index (χ4v) is 1.60. The summed E-state index contributed by atoms with van der Waals surface area (Å²) in [4.78, 5) is 8.36. The Kier molecular flexibility index (Phi) is 8.61. The Morgan fingerprint density at radius 1 is 1.38 bits per heavy atom. The Morgan fingerprint density at radius 2 is 1.95 bits per heavy atom. The van der Waals surface area contributed by atoms with Gasteiger partial charge in [0.2, 0.25) is 0 Å². The molecule has 0 bridgehead atoms. The first-order chi connectivity index (χ1) is 9.75. The molecule has 0 aliphatic carbocycles. The van der Waals surface area contributed by atoms with Gasteiger partial charge in [-0.25, -0.2) is 0 Å². The van der Waals surface area contributed by atoms with Gasteiger partial charge >= 0.3 is 0 Å². The number of phenolic OH excluding ortho intramolecular Hbond substituents is 1. The van der Waals surface area contributed by atoms with E-state index in [9.17, 15) is 10.2 Å². The number of aromatic hydroxyl groups is 1. The van der Waals surface area contributed by atoms with Gasteiger partial charge in [-0.3, -0.25) is 4.79 Å². The van der Waals surface area contributed by atoms with Gasteiger partial charge in [-0.2, -0.15) is 0 Å². The minimum Gasteiger partial charge on any atom is -0.508 e. The standard InChI is InChI=1S/C14H23NO3.CH2O2/c1-14(2,3)15-8-13(17)10-5-6-12(16)11(7-10)9-18-4;2-1-3/h5-7,13,15-17H,8-9H2,1-4H3;1H,(H,2,3). The number of carboxylic acid groups (broad SMARTS) is 1. The highest BCUT2D eigenvalue weighted by Crippen LogP contribution is 2.23. The van der Waals surface area contributed by atoms with Crippen molar-refractivity contribution in [2.45, 2.75) is 39.0 Å². The molecular formula is C15H25NO5. The SMILES string of the molecule is COCc1cc(C(O)CNC(C)(C)C)ccc1O.O=CO. The van der Waals surface area contributed by atoms with Gasteiger partial charge in [0, 0.05) is 24.8 Å². The molecule has 6 nitrogen and oxygen atoms in total. The van der Waals surface area contributed by atoms with E-state index in [1.807, 2.05) is 20.8 Å². The molecule has 0 saturated heterocycles. The van der Waals surface area contributed by atoms with Crippen LogP contribution in [0.15, 0.2) is 18.2 Å². The normalized spacial score (nSPS) is 12.2. The summed E-state index contributed by atoms with van der Waals surface area (Å²) in [7, 11) is 1.57. The van der Waals surface area contributed by atoms with Crippen LogP contribution in [0.5, 0.6) is 5.75 Å². The third-order valence-electron chi connectivity index (χ3n) is 2.61. The molecule has 1 unspecified atom stereocenters. The van der Waals surface area contributed by atoms with Crippen LogP contribution < -0.4 is 5.32 Å². The molecule has 1 aromatic rings. The highest BCUT2D eigenvalue weighted by Gasteiger charge is 2.14. The van der Waals surface area contributed by atoms with Crippen LogP contribution in [0.1, 0.15) is 38.0 Å². The van der Waals surface area contributed by atoms with E-state index in [1.165, 1.54) is 0 Å². The second-order valence-corrected chi connectivity index (χ2v) is 5.57. The molecule has 0 saturated carbocycles. The third kappa shape index (κ3) is 8.29. The van der Waals surface area contributed by atoms with Crippen LogP contribution in [0, 0.1) is 0 Å². The van der Waals surface area contributed by atoms with Crippen molar-refractivity contribution in [3.63, 3.8) is 0 Å². The lowest BCUT2D eigenvalue weighted by Gasteiger charge is -2.23.